The highest BCUT2D eigenvalue weighted by Gasteiger charge is 2.34. The first kappa shape index (κ1) is 17.8. The van der Waals surface area contributed by atoms with E-state index >= 15 is 0 Å². The molecule has 134 valence electrons. The number of amides is 2. The lowest BCUT2D eigenvalue weighted by molar-refractivity contribution is 0.152. The minimum Gasteiger partial charge on any atom is -0.394 e. The van der Waals surface area contributed by atoms with Crippen molar-refractivity contribution in [2.45, 2.75) is 25.8 Å². The Kier molecular flexibility index (Phi) is 5.29. The standard InChI is InChI=1S/C17H19F2N3O2S/c1-10-4-5-22(15(10)9-23)17(24)21-16-20-8-12(25-16)6-11-2-3-13(18)14(19)7-11/h2-3,7-8,10,15,23H,4-6,9H2,1H3,(H,20,21,24). The summed E-state index contributed by atoms with van der Waals surface area (Å²) in [5, 5.41) is 12.6. The summed E-state index contributed by atoms with van der Waals surface area (Å²) in [5.41, 5.74) is 0.633. The van der Waals surface area contributed by atoms with Crippen molar-refractivity contribution in [3.05, 3.63) is 46.5 Å². The highest BCUT2D eigenvalue weighted by Crippen LogP contribution is 2.26. The number of thiazole rings is 1. The van der Waals surface area contributed by atoms with Gasteiger partial charge in [0.1, 0.15) is 0 Å². The van der Waals surface area contributed by atoms with Crippen molar-refractivity contribution >= 4 is 22.5 Å². The molecule has 2 heterocycles. The first-order chi connectivity index (χ1) is 12.0. The molecule has 1 fully saturated rings. The fourth-order valence-corrected chi connectivity index (χ4v) is 3.84. The van der Waals surface area contributed by atoms with Crippen molar-refractivity contribution in [1.82, 2.24) is 9.88 Å². The maximum atomic E-state index is 13.3. The number of nitrogens with one attached hydrogen (secondary N) is 1. The summed E-state index contributed by atoms with van der Waals surface area (Å²) in [6, 6.07) is 3.31. The summed E-state index contributed by atoms with van der Waals surface area (Å²) in [4.78, 5) is 19.0. The van der Waals surface area contributed by atoms with Gasteiger partial charge in [0, 0.05) is 24.0 Å². The normalized spacial score (nSPS) is 20.1. The fourth-order valence-electron chi connectivity index (χ4n) is 3.00. The number of benzene rings is 1. The Bertz CT molecular complexity index is 768. The summed E-state index contributed by atoms with van der Waals surface area (Å²) < 4.78 is 26.2. The van der Waals surface area contributed by atoms with Crippen molar-refractivity contribution in [3.8, 4) is 0 Å². The minimum atomic E-state index is -0.881. The first-order valence-electron chi connectivity index (χ1n) is 8.05. The Balaban J connectivity index is 1.63. The summed E-state index contributed by atoms with van der Waals surface area (Å²) in [6.07, 6.45) is 2.88. The Labute approximate surface area is 148 Å². The molecule has 1 saturated heterocycles. The van der Waals surface area contributed by atoms with Crippen molar-refractivity contribution in [1.29, 1.82) is 0 Å². The van der Waals surface area contributed by atoms with Crippen LogP contribution >= 0.6 is 11.3 Å². The molecule has 1 aromatic carbocycles. The van der Waals surface area contributed by atoms with Crippen LogP contribution in [0.3, 0.4) is 0 Å². The number of aromatic nitrogens is 1. The smallest absolute Gasteiger partial charge is 0.323 e. The minimum absolute atomic E-state index is 0.0617. The number of aliphatic hydroxyl groups excluding tert-OH is 1. The average molecular weight is 367 g/mol. The number of rotatable bonds is 4. The summed E-state index contributed by atoms with van der Waals surface area (Å²) in [5.74, 6) is -1.50. The quantitative estimate of drug-likeness (QED) is 0.872. The van der Waals surface area contributed by atoms with Crippen LogP contribution in [0, 0.1) is 17.6 Å². The number of aliphatic hydroxyl groups is 1. The number of carbonyl (C=O) groups is 1. The Hall–Kier alpha value is -2.06. The van der Waals surface area contributed by atoms with E-state index in [0.29, 0.717) is 23.7 Å². The molecule has 2 unspecified atom stereocenters. The van der Waals surface area contributed by atoms with Gasteiger partial charge in [0.25, 0.3) is 0 Å². The van der Waals surface area contributed by atoms with Gasteiger partial charge < -0.3 is 10.0 Å². The number of hydrogen-bond acceptors (Lipinski definition) is 4. The zero-order chi connectivity index (χ0) is 18.0. The molecule has 1 aromatic heterocycles. The highest BCUT2D eigenvalue weighted by atomic mass is 32.1. The maximum Gasteiger partial charge on any atom is 0.323 e. The van der Waals surface area contributed by atoms with E-state index in [2.05, 4.69) is 10.3 Å². The maximum absolute atomic E-state index is 13.3. The van der Waals surface area contributed by atoms with Gasteiger partial charge in [-0.3, -0.25) is 5.32 Å². The number of hydrogen-bond donors (Lipinski definition) is 2. The molecule has 0 aliphatic carbocycles. The lowest BCUT2D eigenvalue weighted by atomic mass is 10.0. The van der Waals surface area contributed by atoms with E-state index in [9.17, 15) is 18.7 Å². The SMILES string of the molecule is CC1CCN(C(=O)Nc2ncc(Cc3ccc(F)c(F)c3)s2)C1CO. The van der Waals surface area contributed by atoms with Gasteiger partial charge in [-0.25, -0.2) is 18.6 Å². The van der Waals surface area contributed by atoms with E-state index in [4.69, 9.17) is 0 Å². The van der Waals surface area contributed by atoms with Crippen LogP contribution in [-0.4, -0.2) is 40.2 Å². The summed E-state index contributed by atoms with van der Waals surface area (Å²) in [7, 11) is 0. The molecule has 2 atom stereocenters. The van der Waals surface area contributed by atoms with E-state index in [-0.39, 0.29) is 24.6 Å². The van der Waals surface area contributed by atoms with Gasteiger partial charge in [-0.15, -0.1) is 11.3 Å². The van der Waals surface area contributed by atoms with Gasteiger partial charge >= 0.3 is 6.03 Å². The average Bonchev–Trinajstić information content (AvgIpc) is 3.17. The Morgan fingerprint density at radius 1 is 1.44 bits per heavy atom. The van der Waals surface area contributed by atoms with E-state index in [1.54, 1.807) is 11.1 Å². The molecule has 2 N–H and O–H groups in total. The molecular weight excluding hydrogens is 348 g/mol. The first-order valence-corrected chi connectivity index (χ1v) is 8.86. The second kappa shape index (κ2) is 7.45. The monoisotopic (exact) mass is 367 g/mol. The molecule has 1 aliphatic heterocycles. The van der Waals surface area contributed by atoms with Crippen molar-refractivity contribution in [3.63, 3.8) is 0 Å². The molecule has 0 bridgehead atoms. The van der Waals surface area contributed by atoms with Crippen molar-refractivity contribution < 1.29 is 18.7 Å². The van der Waals surface area contributed by atoms with Crippen LogP contribution in [-0.2, 0) is 6.42 Å². The molecule has 5 nitrogen and oxygen atoms in total. The third-order valence-corrected chi connectivity index (χ3v) is 5.37. The second-order valence-corrected chi connectivity index (χ2v) is 7.31. The summed E-state index contributed by atoms with van der Waals surface area (Å²) in [6.45, 7) is 2.55. The number of likely N-dealkylation sites (tertiary alicyclic amines) is 1. The van der Waals surface area contributed by atoms with Crippen LogP contribution in [0.25, 0.3) is 0 Å². The lowest BCUT2D eigenvalue weighted by Gasteiger charge is -2.24. The zero-order valence-electron chi connectivity index (χ0n) is 13.7. The fraction of sp³-hybridized carbons (Fsp3) is 0.412. The number of nitrogens with zero attached hydrogens (tertiary/aromatic N) is 2. The predicted octanol–water partition coefficient (Wildman–Crippen LogP) is 3.25. The molecule has 1 aliphatic rings. The molecular formula is C17H19F2N3O2S. The van der Waals surface area contributed by atoms with Crippen molar-refractivity contribution in [2.75, 3.05) is 18.5 Å². The van der Waals surface area contributed by atoms with Crippen LogP contribution in [0.15, 0.2) is 24.4 Å². The molecule has 2 aromatic rings. The molecule has 25 heavy (non-hydrogen) atoms. The second-order valence-electron chi connectivity index (χ2n) is 6.20. The molecule has 0 spiro atoms. The van der Waals surface area contributed by atoms with Gasteiger partial charge in [-0.05, 0) is 30.0 Å². The molecule has 3 rings (SSSR count). The van der Waals surface area contributed by atoms with Crippen LogP contribution in [0.5, 0.6) is 0 Å². The number of anilines is 1. The number of halogens is 2. The van der Waals surface area contributed by atoms with E-state index in [1.807, 2.05) is 6.92 Å². The Morgan fingerprint density at radius 2 is 2.24 bits per heavy atom. The van der Waals surface area contributed by atoms with E-state index in [0.717, 1.165) is 23.4 Å². The van der Waals surface area contributed by atoms with Crippen LogP contribution in [0.1, 0.15) is 23.8 Å². The molecule has 0 saturated carbocycles. The molecule has 2 amide bonds. The van der Waals surface area contributed by atoms with Crippen molar-refractivity contribution in [2.24, 2.45) is 5.92 Å². The largest absolute Gasteiger partial charge is 0.394 e. The topological polar surface area (TPSA) is 65.5 Å². The van der Waals surface area contributed by atoms with E-state index < -0.39 is 11.6 Å². The highest BCUT2D eigenvalue weighted by molar-refractivity contribution is 7.15. The lowest BCUT2D eigenvalue weighted by Crippen LogP contribution is -2.42. The van der Waals surface area contributed by atoms with Gasteiger partial charge in [-0.1, -0.05) is 13.0 Å². The van der Waals surface area contributed by atoms with Crippen LogP contribution in [0.2, 0.25) is 0 Å². The van der Waals surface area contributed by atoms with Crippen LogP contribution in [0.4, 0.5) is 18.7 Å². The van der Waals surface area contributed by atoms with Gasteiger partial charge in [-0.2, -0.15) is 0 Å². The number of urea groups is 1. The zero-order valence-corrected chi connectivity index (χ0v) is 14.5. The van der Waals surface area contributed by atoms with Crippen LogP contribution < -0.4 is 5.32 Å². The third kappa shape index (κ3) is 3.96. The Morgan fingerprint density at radius 3 is 2.96 bits per heavy atom. The predicted molar refractivity (Wildman–Crippen MR) is 91.7 cm³/mol. The third-order valence-electron chi connectivity index (χ3n) is 4.46. The van der Waals surface area contributed by atoms with Gasteiger partial charge in [0.05, 0.1) is 12.6 Å². The molecule has 0 radical (unpaired) electrons. The van der Waals surface area contributed by atoms with E-state index in [1.165, 1.54) is 17.4 Å². The molecule has 8 heteroatoms. The van der Waals surface area contributed by atoms with Gasteiger partial charge in [0.2, 0.25) is 0 Å². The summed E-state index contributed by atoms with van der Waals surface area (Å²) >= 11 is 1.29. The van der Waals surface area contributed by atoms with Gasteiger partial charge in [0.15, 0.2) is 16.8 Å². The number of carbonyl (C=O) groups excluding carboxylic acids is 1.